The van der Waals surface area contributed by atoms with Gasteiger partial charge in [0.15, 0.2) is 6.10 Å². The van der Waals surface area contributed by atoms with Gasteiger partial charge < -0.3 is 10.1 Å². The molecule has 0 radical (unpaired) electrons. The maximum absolute atomic E-state index is 12.4. The Hall–Kier alpha value is -2.86. The maximum atomic E-state index is 12.4. The average Bonchev–Trinajstić information content (AvgIpc) is 2.66. The van der Waals surface area contributed by atoms with Crippen LogP contribution in [0.5, 0.6) is 0 Å². The molecule has 0 unspecified atom stereocenters. The van der Waals surface area contributed by atoms with E-state index in [1.807, 2.05) is 30.5 Å². The Morgan fingerprint density at radius 1 is 1.04 bits per heavy atom. The monoisotopic (exact) mass is 383 g/mol. The fourth-order valence-electron chi connectivity index (χ4n) is 2.30. The summed E-state index contributed by atoms with van der Waals surface area (Å²) < 4.78 is 5.18. The van der Waals surface area contributed by atoms with Crippen LogP contribution in [0.25, 0.3) is 6.08 Å². The highest BCUT2D eigenvalue weighted by Gasteiger charge is 2.18. The molecule has 0 aliphatic rings. The molecule has 0 aromatic heterocycles. The van der Waals surface area contributed by atoms with Crippen LogP contribution in [-0.2, 0) is 14.3 Å². The van der Waals surface area contributed by atoms with Gasteiger partial charge in [-0.3, -0.25) is 9.59 Å². The van der Waals surface area contributed by atoms with Gasteiger partial charge in [-0.05, 0) is 61.2 Å². The van der Waals surface area contributed by atoms with Crippen LogP contribution in [0.2, 0.25) is 0 Å². The molecule has 0 aliphatic carbocycles. The van der Waals surface area contributed by atoms with Crippen LogP contribution in [0.3, 0.4) is 0 Å². The third kappa shape index (κ3) is 6.42. The zero-order chi connectivity index (χ0) is 19.8. The number of anilines is 1. The summed E-state index contributed by atoms with van der Waals surface area (Å²) >= 11 is 1.64. The molecule has 1 amide bonds. The van der Waals surface area contributed by atoms with E-state index in [1.165, 1.54) is 19.9 Å². The van der Waals surface area contributed by atoms with E-state index in [-0.39, 0.29) is 11.7 Å². The molecule has 0 fully saturated rings. The number of ether oxygens (including phenoxy) is 1. The first-order valence-electron chi connectivity index (χ1n) is 8.33. The Kier molecular flexibility index (Phi) is 7.37. The number of nitrogens with one attached hydrogen (secondary N) is 1. The molecular weight excluding hydrogens is 362 g/mol. The summed E-state index contributed by atoms with van der Waals surface area (Å²) in [6.07, 6.45) is 4.03. The van der Waals surface area contributed by atoms with Gasteiger partial charge in [-0.25, -0.2) is 4.79 Å². The van der Waals surface area contributed by atoms with Crippen molar-refractivity contribution in [2.24, 2.45) is 0 Å². The van der Waals surface area contributed by atoms with Crippen molar-refractivity contribution in [2.45, 2.75) is 24.8 Å². The van der Waals surface area contributed by atoms with Crippen molar-refractivity contribution in [3.8, 4) is 0 Å². The minimum Gasteiger partial charge on any atom is -0.451 e. The SMILES string of the molecule is CSc1ccc(/C=C/C(=O)O[C@@H](C)C(=O)c2ccc(NC(C)=O)cc2)cc1. The number of esters is 1. The fraction of sp³-hybridized carbons (Fsp3) is 0.190. The Morgan fingerprint density at radius 2 is 1.67 bits per heavy atom. The van der Waals surface area contributed by atoms with E-state index in [1.54, 1.807) is 42.1 Å². The number of carbonyl (C=O) groups is 3. The van der Waals surface area contributed by atoms with Gasteiger partial charge in [0.1, 0.15) is 0 Å². The number of amides is 1. The number of carbonyl (C=O) groups excluding carboxylic acids is 3. The van der Waals surface area contributed by atoms with Gasteiger partial charge in [-0.15, -0.1) is 11.8 Å². The first kappa shape index (κ1) is 20.5. The van der Waals surface area contributed by atoms with E-state index in [0.717, 1.165) is 10.5 Å². The molecule has 0 aliphatic heterocycles. The van der Waals surface area contributed by atoms with Crippen molar-refractivity contribution < 1.29 is 19.1 Å². The van der Waals surface area contributed by atoms with E-state index in [2.05, 4.69) is 5.32 Å². The van der Waals surface area contributed by atoms with Crippen molar-refractivity contribution in [2.75, 3.05) is 11.6 Å². The van der Waals surface area contributed by atoms with E-state index < -0.39 is 12.1 Å². The van der Waals surface area contributed by atoms with Crippen LogP contribution in [0.15, 0.2) is 59.5 Å². The number of hydrogen-bond acceptors (Lipinski definition) is 5. The number of thioether (sulfide) groups is 1. The van der Waals surface area contributed by atoms with E-state index in [0.29, 0.717) is 11.3 Å². The average molecular weight is 383 g/mol. The minimum absolute atomic E-state index is 0.189. The number of Topliss-reactive ketones (excluding diaryl/α,β-unsaturated/α-hetero) is 1. The topological polar surface area (TPSA) is 72.5 Å². The van der Waals surface area contributed by atoms with Gasteiger partial charge in [0.25, 0.3) is 0 Å². The lowest BCUT2D eigenvalue weighted by atomic mass is 10.1. The van der Waals surface area contributed by atoms with Crippen molar-refractivity contribution >= 4 is 41.2 Å². The lowest BCUT2D eigenvalue weighted by molar-refractivity contribution is -0.140. The van der Waals surface area contributed by atoms with Crippen molar-refractivity contribution in [1.82, 2.24) is 0 Å². The van der Waals surface area contributed by atoms with Crippen LogP contribution >= 0.6 is 11.8 Å². The Morgan fingerprint density at radius 3 is 2.22 bits per heavy atom. The smallest absolute Gasteiger partial charge is 0.331 e. The number of rotatable bonds is 7. The summed E-state index contributed by atoms with van der Waals surface area (Å²) in [5, 5.41) is 2.63. The maximum Gasteiger partial charge on any atom is 0.331 e. The Bertz CT molecular complexity index is 841. The van der Waals surface area contributed by atoms with Crippen LogP contribution in [0, 0.1) is 0 Å². The Labute approximate surface area is 162 Å². The highest BCUT2D eigenvalue weighted by molar-refractivity contribution is 7.98. The number of benzene rings is 2. The van der Waals surface area contributed by atoms with E-state index in [9.17, 15) is 14.4 Å². The minimum atomic E-state index is -0.910. The lowest BCUT2D eigenvalue weighted by Gasteiger charge is -2.11. The quantitative estimate of drug-likeness (QED) is 0.336. The molecule has 140 valence electrons. The molecule has 27 heavy (non-hydrogen) atoms. The highest BCUT2D eigenvalue weighted by atomic mass is 32.2. The zero-order valence-corrected chi connectivity index (χ0v) is 16.2. The second-order valence-electron chi connectivity index (χ2n) is 5.81. The normalized spacial score (nSPS) is 11.8. The summed E-state index contributed by atoms with van der Waals surface area (Å²) in [6, 6.07) is 14.2. The number of hydrogen-bond donors (Lipinski definition) is 1. The molecule has 6 heteroatoms. The second kappa shape index (κ2) is 9.73. The molecule has 5 nitrogen and oxygen atoms in total. The summed E-state index contributed by atoms with van der Waals surface area (Å²) in [5.41, 5.74) is 1.87. The molecule has 2 aromatic rings. The molecular formula is C21H21NO4S. The molecule has 2 rings (SSSR count). The van der Waals surface area contributed by atoms with Gasteiger partial charge in [0.05, 0.1) is 0 Å². The lowest BCUT2D eigenvalue weighted by Crippen LogP contribution is -2.23. The highest BCUT2D eigenvalue weighted by Crippen LogP contribution is 2.16. The van der Waals surface area contributed by atoms with Crippen molar-refractivity contribution in [1.29, 1.82) is 0 Å². The zero-order valence-electron chi connectivity index (χ0n) is 15.4. The third-order valence-corrected chi connectivity index (χ3v) is 4.42. The van der Waals surface area contributed by atoms with Crippen LogP contribution < -0.4 is 5.32 Å². The summed E-state index contributed by atoms with van der Waals surface area (Å²) in [4.78, 5) is 36.5. The predicted molar refractivity (Wildman–Crippen MR) is 108 cm³/mol. The fourth-order valence-corrected chi connectivity index (χ4v) is 2.71. The molecule has 0 saturated carbocycles. The van der Waals surface area contributed by atoms with E-state index >= 15 is 0 Å². The van der Waals surface area contributed by atoms with Gasteiger partial charge in [-0.2, -0.15) is 0 Å². The number of ketones is 1. The van der Waals surface area contributed by atoms with Crippen molar-refractivity contribution in [3.05, 3.63) is 65.7 Å². The van der Waals surface area contributed by atoms with Gasteiger partial charge in [0, 0.05) is 29.1 Å². The molecule has 1 N–H and O–H groups in total. The molecule has 0 bridgehead atoms. The second-order valence-corrected chi connectivity index (χ2v) is 6.69. The van der Waals surface area contributed by atoms with Gasteiger partial charge in [0.2, 0.25) is 11.7 Å². The van der Waals surface area contributed by atoms with Crippen molar-refractivity contribution in [3.63, 3.8) is 0 Å². The predicted octanol–water partition coefficient (Wildman–Crippen LogP) is 4.19. The summed E-state index contributed by atoms with van der Waals surface area (Å²) in [5.74, 6) is -1.08. The molecule has 2 aromatic carbocycles. The first-order valence-corrected chi connectivity index (χ1v) is 9.56. The van der Waals surface area contributed by atoms with E-state index in [4.69, 9.17) is 4.74 Å². The molecule has 1 atom stereocenters. The van der Waals surface area contributed by atoms with Crippen LogP contribution in [-0.4, -0.2) is 30.0 Å². The summed E-state index contributed by atoms with van der Waals surface area (Å²) in [6.45, 7) is 2.94. The van der Waals surface area contributed by atoms with Crippen LogP contribution in [0.4, 0.5) is 5.69 Å². The largest absolute Gasteiger partial charge is 0.451 e. The summed E-state index contributed by atoms with van der Waals surface area (Å²) in [7, 11) is 0. The third-order valence-electron chi connectivity index (χ3n) is 3.68. The molecule has 0 saturated heterocycles. The van der Waals surface area contributed by atoms with Gasteiger partial charge in [-0.1, -0.05) is 12.1 Å². The Balaban J connectivity index is 1.93. The molecule has 0 heterocycles. The van der Waals surface area contributed by atoms with Gasteiger partial charge >= 0.3 is 5.97 Å². The standard InChI is InChI=1S/C21H21NO4S/c1-14(21(25)17-7-9-18(10-8-17)22-15(2)23)26-20(24)13-6-16-4-11-19(27-3)12-5-16/h4-14H,1-3H3,(H,22,23)/b13-6+/t14-/m0/s1. The first-order chi connectivity index (χ1) is 12.9. The molecule has 0 spiro atoms. The van der Waals surface area contributed by atoms with Crippen LogP contribution in [0.1, 0.15) is 29.8 Å².